The molecule has 4 aliphatic carbocycles. The van der Waals surface area contributed by atoms with Crippen molar-refractivity contribution >= 4 is 35.9 Å². The maximum Gasteiger partial charge on any atom is 0.408 e. The lowest BCUT2D eigenvalue weighted by Gasteiger charge is -2.45. The van der Waals surface area contributed by atoms with Crippen LogP contribution >= 0.6 is 0 Å². The minimum absolute atomic E-state index is 0.0266. The van der Waals surface area contributed by atoms with E-state index in [-0.39, 0.29) is 42.9 Å². The Labute approximate surface area is 450 Å². The zero-order valence-electron chi connectivity index (χ0n) is 44.7. The van der Waals surface area contributed by atoms with Crippen molar-refractivity contribution in [2.45, 2.75) is 165 Å². The highest BCUT2D eigenvalue weighted by Crippen LogP contribution is 2.39. The van der Waals surface area contributed by atoms with Crippen LogP contribution in [0.4, 0.5) is 9.59 Å². The van der Waals surface area contributed by atoms with Crippen molar-refractivity contribution in [1.29, 1.82) is 0 Å². The molecule has 0 unspecified atom stereocenters. The highest BCUT2D eigenvalue weighted by molar-refractivity contribution is 6.07. The lowest BCUT2D eigenvalue weighted by Crippen LogP contribution is -2.65. The molecule has 1 saturated heterocycles. The maximum absolute atomic E-state index is 12.3. The molecule has 77 heavy (non-hydrogen) atoms. The molecule has 5 fully saturated rings. The first-order valence-corrected chi connectivity index (χ1v) is 26.1. The second-order valence-corrected chi connectivity index (χ2v) is 21.1. The van der Waals surface area contributed by atoms with Gasteiger partial charge in [0.25, 0.3) is 5.91 Å². The van der Waals surface area contributed by atoms with E-state index < -0.39 is 51.8 Å². The Morgan fingerprint density at radius 1 is 0.558 bits per heavy atom. The number of imide groups is 1. The van der Waals surface area contributed by atoms with Gasteiger partial charge in [0.2, 0.25) is 0 Å². The van der Waals surface area contributed by atoms with Gasteiger partial charge < -0.3 is 60.4 Å². The monoisotopic (exact) mass is 1070 g/mol. The van der Waals surface area contributed by atoms with Crippen LogP contribution < -0.4 is 27.4 Å². The van der Waals surface area contributed by atoms with Gasteiger partial charge in [0.1, 0.15) is 27.8 Å². The van der Waals surface area contributed by atoms with Gasteiger partial charge in [0.15, 0.2) is 0 Å². The Bertz CT molecular complexity index is 2540. The molecule has 0 bridgehead atoms. The standard InChI is InChI=1S/C19H27NO5.C14H19NO3.C13H14N2O3.C12H15NO3/c1-5-23-16(21)19(20-17(22)25-18(2,3)4)11-15(12-19)24-13-14-9-7-6-8-10-14;1-2-17-13(16)14(15)8-12(9-14)18-10-11-6-4-3-5-7-11;16-11-13(15-12(17)14-11)6-10(7-13)18-8-9-4-2-1-3-5-9;13-12(11(14)15)6-10(7-12)16-8-9-4-2-1-3-5-9/h6-10,15H,5,11-13H2,1-4H3,(H,20,22);3-7,12H,2,8-10,15H2,1H3;1-5,10H,6-8H2,(H2,14,15,16,17);1-5,10H,6-8,13H2,(H,14,15). The molecule has 19 heteroatoms. The van der Waals surface area contributed by atoms with Crippen molar-refractivity contribution in [3.8, 4) is 0 Å². The predicted molar refractivity (Wildman–Crippen MR) is 283 cm³/mol. The maximum atomic E-state index is 12.3. The minimum Gasteiger partial charge on any atom is -0.480 e. The van der Waals surface area contributed by atoms with Crippen LogP contribution in [0.15, 0.2) is 121 Å². The zero-order valence-corrected chi connectivity index (χ0v) is 44.7. The highest BCUT2D eigenvalue weighted by Gasteiger charge is 2.56. The number of carbonyl (C=O) groups excluding carboxylic acids is 5. The number of urea groups is 1. The SMILES string of the molecule is CCOC(=O)C1(N)CC(OCc2ccccc2)C1.CCOC(=O)C1(NC(=O)OC(C)(C)C)CC(OCc2ccccc2)C1.NC1(C(=O)O)CC(OCc2ccccc2)C1.O=C1NC(=O)C2(CC(OCc3ccccc3)C2)N1. The summed E-state index contributed by atoms with van der Waals surface area (Å²) in [6, 6.07) is 39.0. The first-order chi connectivity index (χ1) is 36.7. The number of nitrogens with one attached hydrogen (secondary N) is 3. The van der Waals surface area contributed by atoms with Gasteiger partial charge in [-0.05, 0) is 56.9 Å². The lowest BCUT2D eigenvalue weighted by molar-refractivity contribution is -0.164. The van der Waals surface area contributed by atoms with Gasteiger partial charge in [-0.15, -0.1) is 0 Å². The highest BCUT2D eigenvalue weighted by atomic mass is 16.6. The Hall–Kier alpha value is -6.74. The molecule has 8 N–H and O–H groups in total. The van der Waals surface area contributed by atoms with Crippen LogP contribution in [0.1, 0.15) is 108 Å². The van der Waals surface area contributed by atoms with Gasteiger partial charge in [-0.3, -0.25) is 19.7 Å². The van der Waals surface area contributed by atoms with Crippen LogP contribution in [0.3, 0.4) is 0 Å². The summed E-state index contributed by atoms with van der Waals surface area (Å²) in [4.78, 5) is 69.3. The topological polar surface area (TPSA) is 275 Å². The summed E-state index contributed by atoms with van der Waals surface area (Å²) in [6.45, 7) is 11.5. The molecule has 1 spiro atoms. The van der Waals surface area contributed by atoms with Crippen LogP contribution in [0, 0.1) is 0 Å². The Morgan fingerprint density at radius 2 is 0.909 bits per heavy atom. The Morgan fingerprint density at radius 3 is 1.25 bits per heavy atom. The third-order valence-corrected chi connectivity index (χ3v) is 13.5. The molecule has 0 atom stereocenters. The summed E-state index contributed by atoms with van der Waals surface area (Å²) in [6.07, 6.45) is 3.06. The van der Waals surface area contributed by atoms with Crippen molar-refractivity contribution in [2.24, 2.45) is 11.5 Å². The van der Waals surface area contributed by atoms with E-state index in [0.717, 1.165) is 22.3 Å². The number of esters is 2. The third kappa shape index (κ3) is 17.4. The average Bonchev–Trinajstić information content (AvgIpc) is 3.72. The molecule has 1 aliphatic heterocycles. The van der Waals surface area contributed by atoms with Gasteiger partial charge >= 0.3 is 30.0 Å². The van der Waals surface area contributed by atoms with E-state index in [1.54, 1.807) is 34.6 Å². The molecule has 0 aromatic heterocycles. The summed E-state index contributed by atoms with van der Waals surface area (Å²) >= 11 is 0. The second kappa shape index (κ2) is 27.0. The van der Waals surface area contributed by atoms with E-state index in [1.165, 1.54) is 0 Å². The summed E-state index contributed by atoms with van der Waals surface area (Å²) in [7, 11) is 0. The summed E-state index contributed by atoms with van der Waals surface area (Å²) in [5.41, 5.74) is 11.6. The molecule has 5 aliphatic rings. The summed E-state index contributed by atoms with van der Waals surface area (Å²) < 4.78 is 38.1. The van der Waals surface area contributed by atoms with Crippen LogP contribution in [-0.4, -0.2) is 106 Å². The van der Waals surface area contributed by atoms with Gasteiger partial charge in [-0.1, -0.05) is 121 Å². The number of ether oxygens (including phenoxy) is 7. The fraction of sp³-hybridized carbons (Fsp3) is 0.483. The summed E-state index contributed by atoms with van der Waals surface area (Å²) in [5, 5.41) is 16.4. The number of hydrogen-bond donors (Lipinski definition) is 6. The van der Waals surface area contributed by atoms with E-state index in [0.29, 0.717) is 84.4 Å². The third-order valence-electron chi connectivity index (χ3n) is 13.5. The van der Waals surface area contributed by atoms with Crippen LogP contribution in [0.2, 0.25) is 0 Å². The molecule has 0 radical (unpaired) electrons. The van der Waals surface area contributed by atoms with Crippen molar-refractivity contribution < 1.29 is 67.0 Å². The van der Waals surface area contributed by atoms with E-state index in [4.69, 9.17) is 49.7 Å². The zero-order chi connectivity index (χ0) is 55.7. The molecule has 4 amide bonds. The van der Waals surface area contributed by atoms with E-state index in [1.807, 2.05) is 121 Å². The normalized spacial score (nSPS) is 26.4. The average molecular weight is 1070 g/mol. The molecule has 1 heterocycles. The number of alkyl carbamates (subject to hydrolysis) is 1. The van der Waals surface area contributed by atoms with E-state index >= 15 is 0 Å². The van der Waals surface area contributed by atoms with Crippen molar-refractivity contribution in [3.63, 3.8) is 0 Å². The molecular formula is C58H75N5O14. The van der Waals surface area contributed by atoms with Crippen molar-refractivity contribution in [2.75, 3.05) is 13.2 Å². The number of nitrogens with two attached hydrogens (primary N) is 2. The second-order valence-electron chi connectivity index (χ2n) is 21.1. The molecule has 9 rings (SSSR count). The number of amides is 4. The number of carbonyl (C=O) groups is 6. The quantitative estimate of drug-likeness (QED) is 0.0335. The number of hydrogen-bond acceptors (Lipinski definition) is 15. The van der Waals surface area contributed by atoms with Crippen LogP contribution in [0.5, 0.6) is 0 Å². The van der Waals surface area contributed by atoms with Gasteiger partial charge in [0, 0.05) is 51.4 Å². The fourth-order valence-electron chi connectivity index (χ4n) is 9.08. The van der Waals surface area contributed by atoms with Crippen LogP contribution in [-0.2, 0) is 78.8 Å². The van der Waals surface area contributed by atoms with E-state index in [2.05, 4.69) is 16.0 Å². The Kier molecular flexibility index (Phi) is 20.9. The van der Waals surface area contributed by atoms with Crippen molar-refractivity contribution in [1.82, 2.24) is 16.0 Å². The molecule has 19 nitrogen and oxygen atoms in total. The number of aliphatic carboxylic acids is 1. The molecule has 4 aromatic carbocycles. The van der Waals surface area contributed by atoms with Crippen molar-refractivity contribution in [3.05, 3.63) is 144 Å². The first kappa shape index (κ1) is 59.5. The van der Waals surface area contributed by atoms with Gasteiger partial charge in [0.05, 0.1) is 64.1 Å². The van der Waals surface area contributed by atoms with Crippen LogP contribution in [0.25, 0.3) is 0 Å². The number of rotatable bonds is 18. The fourth-order valence-corrected chi connectivity index (χ4v) is 9.08. The molecule has 4 saturated carbocycles. The Balaban J connectivity index is 0.000000169. The number of benzene rings is 4. The number of carboxylic acids is 1. The van der Waals surface area contributed by atoms with Gasteiger partial charge in [-0.2, -0.15) is 0 Å². The number of carboxylic acid groups (broad SMARTS) is 1. The smallest absolute Gasteiger partial charge is 0.408 e. The first-order valence-electron chi connectivity index (χ1n) is 26.1. The largest absolute Gasteiger partial charge is 0.480 e. The van der Waals surface area contributed by atoms with E-state index in [9.17, 15) is 28.8 Å². The summed E-state index contributed by atoms with van der Waals surface area (Å²) in [5.74, 6) is -1.93. The predicted octanol–water partition coefficient (Wildman–Crippen LogP) is 6.91. The van der Waals surface area contributed by atoms with Gasteiger partial charge in [-0.25, -0.2) is 14.4 Å². The lowest BCUT2D eigenvalue weighted by atomic mass is 9.74. The molecule has 416 valence electrons. The minimum atomic E-state index is -1.07. The molecular weight excluding hydrogens is 991 g/mol. The molecule has 4 aromatic rings.